The summed E-state index contributed by atoms with van der Waals surface area (Å²) in [6.45, 7) is 1.69. The first-order chi connectivity index (χ1) is 2.27. The predicted octanol–water partition coefficient (Wildman–Crippen LogP) is 2.08. The zero-order valence-corrected chi connectivity index (χ0v) is 4.20. The van der Waals surface area contributed by atoms with Gasteiger partial charge in [-0.05, 0) is 6.42 Å². The van der Waals surface area contributed by atoms with Gasteiger partial charge in [-0.25, -0.2) is 4.39 Å². The summed E-state index contributed by atoms with van der Waals surface area (Å²) in [4.78, 5) is 0. The summed E-state index contributed by atoms with van der Waals surface area (Å²) in [6, 6.07) is 0. The van der Waals surface area contributed by atoms with E-state index in [2.05, 4.69) is 0 Å². The molecule has 0 fully saturated rings. The van der Waals surface area contributed by atoms with Crippen molar-refractivity contribution in [2.24, 2.45) is 0 Å². The number of halogens is 3. The van der Waals surface area contributed by atoms with Crippen LogP contribution in [0.5, 0.6) is 0 Å². The minimum Gasteiger partial charge on any atom is -0.269 e. The van der Waals surface area contributed by atoms with Crippen molar-refractivity contribution < 1.29 is 9.09 Å². The Morgan fingerprint density at radius 2 is 2.00 bits per heavy atom. The Morgan fingerprint density at radius 1 is 1.83 bits per heavy atom. The van der Waals surface area contributed by atoms with Crippen LogP contribution >= 0.6 is 11.6 Å². The Hall–Kier alpha value is 0.150. The van der Waals surface area contributed by atoms with E-state index in [9.17, 15) is 4.39 Å². The maximum Gasteiger partial charge on any atom is 0.173 e. The van der Waals surface area contributed by atoms with Gasteiger partial charge < -0.3 is 0 Å². The molecule has 0 aliphatic rings. The fraction of sp³-hybridized carbons (Fsp3) is 1.00. The summed E-state index contributed by atoms with van der Waals surface area (Å²) >= 11 is 4.80. The molecule has 0 aromatic rings. The van der Waals surface area contributed by atoms with Gasteiger partial charge in [-0.2, -0.15) is 0 Å². The molecule has 0 amide bonds. The lowest BCUT2D eigenvalue weighted by molar-refractivity contribution is 0.434. The average Bonchev–Trinajstić information content (AvgIpc) is 1.38. The zero-order valence-electron chi connectivity index (χ0n) is 3.45. The average molecular weight is 117 g/mol. The Labute approximate surface area is 40.7 Å². The van der Waals surface area contributed by atoms with Crippen LogP contribution in [0.4, 0.5) is 9.09 Å². The molecule has 0 bridgehead atoms. The predicted molar refractivity (Wildman–Crippen MR) is 23.5 cm³/mol. The maximum absolute atomic E-state index is 11.2. The molecule has 0 N–H and O–H groups in total. The van der Waals surface area contributed by atoms with Gasteiger partial charge in [0.1, 0.15) is 0 Å². The minimum absolute atomic E-state index is 0. The molecule has 0 spiro atoms. The molecule has 0 nitrogen and oxygen atoms in total. The number of rotatable bonds is 1. The van der Waals surface area contributed by atoms with E-state index in [0.29, 0.717) is 6.42 Å². The Balaban J connectivity index is 0. The summed E-state index contributed by atoms with van der Waals surface area (Å²) in [5.41, 5.74) is -1.14. The Bertz CT molecular complexity index is 22.8. The molecule has 6 heavy (non-hydrogen) atoms. The second-order valence-electron chi connectivity index (χ2n) is 0.799. The van der Waals surface area contributed by atoms with Crippen LogP contribution in [-0.4, -0.2) is 5.63 Å². The van der Waals surface area contributed by atoms with Crippen molar-refractivity contribution in [3.63, 3.8) is 0 Å². The first-order valence-electron chi connectivity index (χ1n) is 1.55. The maximum atomic E-state index is 11.2. The van der Waals surface area contributed by atoms with Crippen molar-refractivity contribution in [3.8, 4) is 0 Å². The second kappa shape index (κ2) is 5.15. The molecule has 0 rings (SSSR count). The Morgan fingerprint density at radius 3 is 2.00 bits per heavy atom. The van der Waals surface area contributed by atoms with Crippen LogP contribution in [0.15, 0.2) is 0 Å². The molecule has 0 aliphatic carbocycles. The van der Waals surface area contributed by atoms with Gasteiger partial charge in [-0.3, -0.25) is 4.70 Å². The lowest BCUT2D eigenvalue weighted by Crippen LogP contribution is -1.78. The fourth-order valence-corrected chi connectivity index (χ4v) is 0. The third kappa shape index (κ3) is 8.91. The fourth-order valence-electron chi connectivity index (χ4n) is 0. The highest BCUT2D eigenvalue weighted by Gasteiger charge is 1.88. The van der Waals surface area contributed by atoms with Crippen LogP contribution in [0.25, 0.3) is 0 Å². The molecule has 40 valence electrons. The summed E-state index contributed by atoms with van der Waals surface area (Å²) in [6.07, 6.45) is 0.404. The standard InChI is InChI=1S/C3H6ClF.FH/c1-2-3(4)5;/h3H,2H2,1H3;1H. The van der Waals surface area contributed by atoms with E-state index in [4.69, 9.17) is 11.6 Å². The molecule has 0 aromatic carbocycles. The van der Waals surface area contributed by atoms with E-state index in [1.807, 2.05) is 0 Å². The van der Waals surface area contributed by atoms with Crippen LogP contribution in [0.2, 0.25) is 0 Å². The van der Waals surface area contributed by atoms with Gasteiger partial charge in [0.2, 0.25) is 0 Å². The molecular weight excluding hydrogens is 109 g/mol. The van der Waals surface area contributed by atoms with E-state index < -0.39 is 5.63 Å². The highest BCUT2D eigenvalue weighted by molar-refractivity contribution is 6.19. The van der Waals surface area contributed by atoms with E-state index >= 15 is 0 Å². The lowest BCUT2D eigenvalue weighted by Gasteiger charge is -1.83. The molecule has 0 radical (unpaired) electrons. The summed E-state index contributed by atoms with van der Waals surface area (Å²) < 4.78 is 11.2. The van der Waals surface area contributed by atoms with Gasteiger partial charge in [-0.15, -0.1) is 0 Å². The topological polar surface area (TPSA) is 0 Å². The van der Waals surface area contributed by atoms with Crippen LogP contribution in [0.1, 0.15) is 13.3 Å². The van der Waals surface area contributed by atoms with E-state index in [-0.39, 0.29) is 4.70 Å². The largest absolute Gasteiger partial charge is 0.269 e. The SMILES string of the molecule is CCC(F)Cl.F. The first kappa shape index (κ1) is 9.47. The highest BCUT2D eigenvalue weighted by atomic mass is 35.5. The number of hydrogen-bond acceptors (Lipinski definition) is 0. The van der Waals surface area contributed by atoms with Crippen LogP contribution in [-0.2, 0) is 0 Å². The molecule has 1 unspecified atom stereocenters. The zero-order chi connectivity index (χ0) is 4.28. The lowest BCUT2D eigenvalue weighted by atomic mass is 10.6. The smallest absolute Gasteiger partial charge is 0.173 e. The van der Waals surface area contributed by atoms with Crippen LogP contribution in [0.3, 0.4) is 0 Å². The monoisotopic (exact) mass is 116 g/mol. The Kier molecular flexibility index (Phi) is 8.13. The normalized spacial score (nSPS) is 12.5. The molecule has 1 atom stereocenters. The van der Waals surface area contributed by atoms with Gasteiger partial charge in [0.15, 0.2) is 5.63 Å². The molecule has 0 aliphatic heterocycles. The summed E-state index contributed by atoms with van der Waals surface area (Å²) in [5.74, 6) is 0. The molecule has 3 heteroatoms. The quantitative estimate of drug-likeness (QED) is 0.460. The van der Waals surface area contributed by atoms with E-state index in [1.54, 1.807) is 6.92 Å². The molecule has 0 aromatic heterocycles. The third-order valence-corrected chi connectivity index (χ3v) is 0.617. The van der Waals surface area contributed by atoms with Crippen molar-refractivity contribution in [1.82, 2.24) is 0 Å². The molecule has 0 saturated heterocycles. The van der Waals surface area contributed by atoms with Gasteiger partial charge in [0.05, 0.1) is 0 Å². The minimum atomic E-state index is -1.14. The van der Waals surface area contributed by atoms with Crippen molar-refractivity contribution in [1.29, 1.82) is 0 Å². The van der Waals surface area contributed by atoms with Gasteiger partial charge in [-0.1, -0.05) is 18.5 Å². The van der Waals surface area contributed by atoms with E-state index in [0.717, 1.165) is 0 Å². The van der Waals surface area contributed by atoms with Crippen molar-refractivity contribution in [3.05, 3.63) is 0 Å². The third-order valence-electron chi connectivity index (χ3n) is 0.309. The summed E-state index contributed by atoms with van der Waals surface area (Å²) in [5, 5.41) is 0. The highest BCUT2D eigenvalue weighted by Crippen LogP contribution is 1.98. The van der Waals surface area contributed by atoms with Gasteiger partial charge >= 0.3 is 0 Å². The molecular formula is C3H7ClF2. The van der Waals surface area contributed by atoms with Crippen LogP contribution < -0.4 is 0 Å². The number of hydrogen-bond donors (Lipinski definition) is 0. The molecule has 0 heterocycles. The van der Waals surface area contributed by atoms with Gasteiger partial charge in [0.25, 0.3) is 0 Å². The van der Waals surface area contributed by atoms with Gasteiger partial charge in [0, 0.05) is 0 Å². The number of alkyl halides is 2. The first-order valence-corrected chi connectivity index (χ1v) is 1.99. The van der Waals surface area contributed by atoms with Crippen molar-refractivity contribution in [2.75, 3.05) is 0 Å². The van der Waals surface area contributed by atoms with Crippen LogP contribution in [0, 0.1) is 0 Å². The molecule has 0 saturated carbocycles. The van der Waals surface area contributed by atoms with Crippen molar-refractivity contribution in [2.45, 2.75) is 19.0 Å². The van der Waals surface area contributed by atoms with Crippen molar-refractivity contribution >= 4 is 11.6 Å². The second-order valence-corrected chi connectivity index (χ2v) is 1.27. The summed E-state index contributed by atoms with van der Waals surface area (Å²) in [7, 11) is 0. The van der Waals surface area contributed by atoms with E-state index in [1.165, 1.54) is 0 Å².